The molecule has 5 atom stereocenters. The van der Waals surface area contributed by atoms with Gasteiger partial charge in [0.25, 0.3) is 0 Å². The van der Waals surface area contributed by atoms with Gasteiger partial charge >= 0.3 is 23.9 Å². The topological polar surface area (TPSA) is 124 Å². The molecular weight excluding hydrogens is 376 g/mol. The number of carbonyl (C=O) groups is 4. The summed E-state index contributed by atoms with van der Waals surface area (Å²) in [4.78, 5) is 46.0. The first kappa shape index (κ1) is 23.8. The van der Waals surface area contributed by atoms with Crippen molar-refractivity contribution in [3.8, 4) is 0 Å². The fourth-order valence-corrected chi connectivity index (χ4v) is 2.67. The van der Waals surface area contributed by atoms with Crippen molar-refractivity contribution >= 4 is 23.9 Å². The molecule has 1 aliphatic heterocycles. The molecule has 0 amide bonds. The van der Waals surface area contributed by atoms with Crippen molar-refractivity contribution in [1.29, 1.82) is 0 Å². The molecule has 10 heteroatoms. The summed E-state index contributed by atoms with van der Waals surface area (Å²) in [5, 5.41) is 0. The Morgan fingerprint density at radius 3 is 1.82 bits per heavy atom. The number of carbonyl (C=O) groups excluding carboxylic acids is 4. The van der Waals surface area contributed by atoms with Crippen LogP contribution in [0.2, 0.25) is 0 Å². The lowest BCUT2D eigenvalue weighted by Gasteiger charge is -2.44. The second-order valence-electron chi connectivity index (χ2n) is 6.29. The van der Waals surface area contributed by atoms with Gasteiger partial charge in [0.1, 0.15) is 12.7 Å². The van der Waals surface area contributed by atoms with Crippen LogP contribution in [0.5, 0.6) is 0 Å². The van der Waals surface area contributed by atoms with E-state index < -0.39 is 54.6 Å². The van der Waals surface area contributed by atoms with Crippen molar-refractivity contribution in [3.63, 3.8) is 0 Å². The summed E-state index contributed by atoms with van der Waals surface area (Å²) in [5.74, 6) is -2.58. The largest absolute Gasteiger partial charge is 0.463 e. The molecule has 0 aromatic heterocycles. The third-order valence-electron chi connectivity index (χ3n) is 3.73. The maximum Gasteiger partial charge on any atom is 0.303 e. The highest BCUT2D eigenvalue weighted by molar-refractivity contribution is 5.68. The summed E-state index contributed by atoms with van der Waals surface area (Å²) in [6.45, 7) is 6.72. The molecule has 0 spiro atoms. The van der Waals surface area contributed by atoms with E-state index in [1.165, 1.54) is 27.7 Å². The molecule has 1 saturated heterocycles. The van der Waals surface area contributed by atoms with Crippen molar-refractivity contribution in [2.75, 3.05) is 13.2 Å². The summed E-state index contributed by atoms with van der Waals surface area (Å²) < 4.78 is 32.2. The molecular formula is C18H28O10. The summed E-state index contributed by atoms with van der Waals surface area (Å²) in [7, 11) is 0. The number of rotatable bonds is 9. The van der Waals surface area contributed by atoms with Crippen LogP contribution in [0.25, 0.3) is 0 Å². The number of hydrogen-bond donors (Lipinski definition) is 0. The smallest absolute Gasteiger partial charge is 0.303 e. The number of ether oxygens (including phenoxy) is 6. The number of hydrogen-bond acceptors (Lipinski definition) is 10. The Bertz CT molecular complexity index is 561. The molecule has 0 aliphatic carbocycles. The van der Waals surface area contributed by atoms with Crippen LogP contribution in [0.4, 0.5) is 0 Å². The summed E-state index contributed by atoms with van der Waals surface area (Å²) >= 11 is 0. The summed E-state index contributed by atoms with van der Waals surface area (Å²) in [6.07, 6.45) is -4.07. The molecule has 0 aromatic rings. The Balaban J connectivity index is 3.21. The average molecular weight is 404 g/mol. The molecule has 10 nitrogen and oxygen atoms in total. The third kappa shape index (κ3) is 7.81. The standard InChI is InChI=1S/C18H28O10/c1-6-7-8-23-18-17(27-13(5)22)16(26-12(4)21)15(25-11(3)20)14(28-18)9-24-10(2)19/h14-18H,6-9H2,1-5H3/t14-,15-,16+,17-,18-/m1/s1. The predicted molar refractivity (Wildman–Crippen MR) is 92.8 cm³/mol. The van der Waals surface area contributed by atoms with Crippen LogP contribution < -0.4 is 0 Å². The third-order valence-corrected chi connectivity index (χ3v) is 3.73. The Hall–Kier alpha value is -2.20. The van der Waals surface area contributed by atoms with Gasteiger partial charge in [-0.3, -0.25) is 19.2 Å². The lowest BCUT2D eigenvalue weighted by atomic mass is 9.98. The zero-order valence-electron chi connectivity index (χ0n) is 16.8. The normalized spacial score (nSPS) is 26.8. The first-order valence-electron chi connectivity index (χ1n) is 9.07. The minimum Gasteiger partial charge on any atom is -0.463 e. The van der Waals surface area contributed by atoms with Crippen molar-refractivity contribution in [1.82, 2.24) is 0 Å². The van der Waals surface area contributed by atoms with E-state index in [2.05, 4.69) is 0 Å². The maximum atomic E-state index is 11.6. The van der Waals surface area contributed by atoms with Gasteiger partial charge in [-0.25, -0.2) is 0 Å². The van der Waals surface area contributed by atoms with Crippen molar-refractivity contribution in [3.05, 3.63) is 0 Å². The van der Waals surface area contributed by atoms with Gasteiger partial charge in [0.05, 0.1) is 0 Å². The van der Waals surface area contributed by atoms with Gasteiger partial charge in [-0.05, 0) is 6.42 Å². The molecule has 0 saturated carbocycles. The zero-order chi connectivity index (χ0) is 21.3. The van der Waals surface area contributed by atoms with Gasteiger partial charge in [-0.2, -0.15) is 0 Å². The van der Waals surface area contributed by atoms with E-state index in [0.29, 0.717) is 13.0 Å². The van der Waals surface area contributed by atoms with E-state index >= 15 is 0 Å². The van der Waals surface area contributed by atoms with Crippen LogP contribution in [0, 0.1) is 0 Å². The molecule has 28 heavy (non-hydrogen) atoms. The van der Waals surface area contributed by atoms with Gasteiger partial charge < -0.3 is 28.4 Å². The molecule has 0 aromatic carbocycles. The van der Waals surface area contributed by atoms with Crippen LogP contribution in [0.1, 0.15) is 47.5 Å². The molecule has 0 N–H and O–H groups in total. The molecule has 1 rings (SSSR count). The van der Waals surface area contributed by atoms with Gasteiger partial charge in [0, 0.05) is 34.3 Å². The highest BCUT2D eigenvalue weighted by atomic mass is 16.7. The number of esters is 4. The average Bonchev–Trinajstić information content (AvgIpc) is 2.57. The molecule has 0 unspecified atom stereocenters. The van der Waals surface area contributed by atoms with Gasteiger partial charge in [-0.1, -0.05) is 13.3 Å². The maximum absolute atomic E-state index is 11.6. The fraction of sp³-hybridized carbons (Fsp3) is 0.778. The fourth-order valence-electron chi connectivity index (χ4n) is 2.67. The van der Waals surface area contributed by atoms with Crippen LogP contribution >= 0.6 is 0 Å². The molecule has 0 radical (unpaired) electrons. The lowest BCUT2D eigenvalue weighted by molar-refractivity contribution is -0.308. The summed E-state index contributed by atoms with van der Waals surface area (Å²) in [6, 6.07) is 0. The Labute approximate surface area is 163 Å². The Morgan fingerprint density at radius 1 is 0.786 bits per heavy atom. The monoisotopic (exact) mass is 404 g/mol. The van der Waals surface area contributed by atoms with E-state index in [1.54, 1.807) is 0 Å². The van der Waals surface area contributed by atoms with Gasteiger partial charge in [0.2, 0.25) is 0 Å². The SMILES string of the molecule is CCCCO[C@@H]1O[C@H](COC(C)=O)[C@@H](OC(C)=O)[C@H](OC(C)=O)[C@H]1OC(C)=O. The zero-order valence-corrected chi connectivity index (χ0v) is 16.8. The quantitative estimate of drug-likeness (QED) is 0.311. The van der Waals surface area contributed by atoms with Crippen molar-refractivity contribution in [2.45, 2.75) is 78.2 Å². The highest BCUT2D eigenvalue weighted by Crippen LogP contribution is 2.30. The predicted octanol–water partition coefficient (Wildman–Crippen LogP) is 0.886. The first-order chi connectivity index (χ1) is 13.1. The molecule has 0 bridgehead atoms. The van der Waals surface area contributed by atoms with Crippen LogP contribution in [-0.2, 0) is 47.6 Å². The van der Waals surface area contributed by atoms with Gasteiger partial charge in [-0.15, -0.1) is 0 Å². The van der Waals surface area contributed by atoms with Crippen LogP contribution in [-0.4, -0.2) is 67.8 Å². The van der Waals surface area contributed by atoms with E-state index in [-0.39, 0.29) is 6.61 Å². The summed E-state index contributed by atoms with van der Waals surface area (Å²) in [5.41, 5.74) is 0. The van der Waals surface area contributed by atoms with Crippen LogP contribution in [0.3, 0.4) is 0 Å². The van der Waals surface area contributed by atoms with E-state index in [4.69, 9.17) is 28.4 Å². The van der Waals surface area contributed by atoms with Crippen molar-refractivity contribution < 1.29 is 47.6 Å². The minimum absolute atomic E-state index is 0.272. The minimum atomic E-state index is -1.20. The first-order valence-corrected chi connectivity index (χ1v) is 9.07. The van der Waals surface area contributed by atoms with E-state index in [1.807, 2.05) is 6.92 Å². The van der Waals surface area contributed by atoms with Gasteiger partial charge in [0.15, 0.2) is 24.6 Å². The Kier molecular flexibility index (Phi) is 9.88. The molecule has 1 heterocycles. The number of unbranched alkanes of at least 4 members (excludes halogenated alkanes) is 1. The second-order valence-corrected chi connectivity index (χ2v) is 6.29. The van der Waals surface area contributed by atoms with E-state index in [9.17, 15) is 19.2 Å². The van der Waals surface area contributed by atoms with Crippen molar-refractivity contribution in [2.24, 2.45) is 0 Å². The van der Waals surface area contributed by atoms with E-state index in [0.717, 1.165) is 6.42 Å². The molecule has 1 fully saturated rings. The molecule has 1 aliphatic rings. The van der Waals surface area contributed by atoms with Crippen LogP contribution in [0.15, 0.2) is 0 Å². The second kappa shape index (κ2) is 11.6. The molecule has 160 valence electrons. The lowest BCUT2D eigenvalue weighted by Crippen LogP contribution is -2.63. The Morgan fingerprint density at radius 2 is 1.32 bits per heavy atom. The highest BCUT2D eigenvalue weighted by Gasteiger charge is 2.52.